The number of rotatable bonds is 5. The molecule has 0 radical (unpaired) electrons. The van der Waals surface area contributed by atoms with Gasteiger partial charge in [-0.25, -0.2) is 0 Å². The first-order valence-electron chi connectivity index (χ1n) is 5.50. The van der Waals surface area contributed by atoms with Crippen LogP contribution in [-0.4, -0.2) is 33.7 Å². The number of nitrogens with two attached hydrogens (primary N) is 1. The molecule has 16 heavy (non-hydrogen) atoms. The van der Waals surface area contributed by atoms with E-state index in [-0.39, 0.29) is 11.9 Å². The normalized spacial score (nSPS) is 12.5. The van der Waals surface area contributed by atoms with Gasteiger partial charge in [-0.1, -0.05) is 6.92 Å². The van der Waals surface area contributed by atoms with Crippen LogP contribution in [0.4, 0.5) is 0 Å². The fraction of sp³-hybridized carbons (Fsp3) is 0.636. The predicted octanol–water partition coefficient (Wildman–Crippen LogP) is 0.506. The molecule has 1 amide bonds. The van der Waals surface area contributed by atoms with Crippen molar-refractivity contribution in [1.29, 1.82) is 0 Å². The van der Waals surface area contributed by atoms with Crippen LogP contribution in [-0.2, 0) is 18.4 Å². The van der Waals surface area contributed by atoms with Gasteiger partial charge in [0.1, 0.15) is 0 Å². The van der Waals surface area contributed by atoms with Crippen LogP contribution in [0.2, 0.25) is 0 Å². The third-order valence-electron chi connectivity index (χ3n) is 2.57. The second kappa shape index (κ2) is 5.65. The molecule has 2 N–H and O–H groups in total. The molecule has 90 valence electrons. The minimum Gasteiger partial charge on any atom is -0.341 e. The first kappa shape index (κ1) is 12.7. The van der Waals surface area contributed by atoms with Gasteiger partial charge in [0, 0.05) is 44.9 Å². The standard InChI is InChI=1S/C11H20N4O/c1-4-10(12)5-11(16)14(2)7-9-6-13-15(3)8-9/h6,8,10H,4-5,7,12H2,1-3H3. The summed E-state index contributed by atoms with van der Waals surface area (Å²) in [7, 11) is 3.65. The SMILES string of the molecule is CCC(N)CC(=O)N(C)Cc1cnn(C)c1. The molecule has 1 aromatic heterocycles. The molecule has 0 bridgehead atoms. The molecule has 1 aromatic rings. The van der Waals surface area contributed by atoms with Crippen molar-refractivity contribution in [3.8, 4) is 0 Å². The summed E-state index contributed by atoms with van der Waals surface area (Å²) in [4.78, 5) is 13.4. The molecular weight excluding hydrogens is 204 g/mol. The lowest BCUT2D eigenvalue weighted by Gasteiger charge is -2.18. The second-order valence-corrected chi connectivity index (χ2v) is 4.14. The first-order chi connectivity index (χ1) is 7.52. The second-order valence-electron chi connectivity index (χ2n) is 4.14. The van der Waals surface area contributed by atoms with E-state index in [1.54, 1.807) is 22.8 Å². The molecule has 1 heterocycles. The van der Waals surface area contributed by atoms with E-state index >= 15 is 0 Å². The fourth-order valence-electron chi connectivity index (χ4n) is 1.44. The van der Waals surface area contributed by atoms with Crippen LogP contribution in [0.15, 0.2) is 12.4 Å². The van der Waals surface area contributed by atoms with Gasteiger partial charge in [-0.05, 0) is 6.42 Å². The lowest BCUT2D eigenvalue weighted by molar-refractivity contribution is -0.130. The molecule has 0 aromatic carbocycles. The van der Waals surface area contributed by atoms with Crippen molar-refractivity contribution < 1.29 is 4.79 Å². The van der Waals surface area contributed by atoms with Crippen LogP contribution < -0.4 is 5.73 Å². The minimum atomic E-state index is -0.0381. The van der Waals surface area contributed by atoms with E-state index in [0.29, 0.717) is 13.0 Å². The molecule has 0 spiro atoms. The van der Waals surface area contributed by atoms with Gasteiger partial charge < -0.3 is 10.6 Å². The number of aryl methyl sites for hydroxylation is 1. The van der Waals surface area contributed by atoms with Crippen LogP contribution in [0, 0.1) is 0 Å². The maximum atomic E-state index is 11.7. The Hall–Kier alpha value is -1.36. The number of nitrogens with zero attached hydrogens (tertiary/aromatic N) is 3. The number of amides is 1. The van der Waals surface area contributed by atoms with Gasteiger partial charge in [0.15, 0.2) is 0 Å². The number of aromatic nitrogens is 2. The molecule has 0 aliphatic rings. The van der Waals surface area contributed by atoms with Crippen molar-refractivity contribution in [3.05, 3.63) is 18.0 Å². The summed E-state index contributed by atoms with van der Waals surface area (Å²) in [5.41, 5.74) is 6.78. The van der Waals surface area contributed by atoms with Crippen molar-refractivity contribution in [2.75, 3.05) is 7.05 Å². The Balaban J connectivity index is 2.45. The largest absolute Gasteiger partial charge is 0.341 e. The summed E-state index contributed by atoms with van der Waals surface area (Å²) >= 11 is 0. The van der Waals surface area contributed by atoms with Crippen molar-refractivity contribution in [2.45, 2.75) is 32.4 Å². The molecule has 5 heteroatoms. The summed E-state index contributed by atoms with van der Waals surface area (Å²) in [5, 5.41) is 4.06. The molecule has 0 aliphatic heterocycles. The van der Waals surface area contributed by atoms with E-state index in [9.17, 15) is 4.79 Å². The number of hydrogen-bond donors (Lipinski definition) is 1. The Morgan fingerprint density at radius 3 is 2.88 bits per heavy atom. The Labute approximate surface area is 96.2 Å². The van der Waals surface area contributed by atoms with Crippen LogP contribution in [0.25, 0.3) is 0 Å². The zero-order chi connectivity index (χ0) is 12.1. The number of carbonyl (C=O) groups is 1. The highest BCUT2D eigenvalue weighted by Crippen LogP contribution is 2.04. The van der Waals surface area contributed by atoms with E-state index in [1.807, 2.05) is 20.2 Å². The summed E-state index contributed by atoms with van der Waals surface area (Å²) in [6, 6.07) is -0.0381. The van der Waals surface area contributed by atoms with Gasteiger partial charge in [-0.2, -0.15) is 5.10 Å². The Kier molecular flexibility index (Phi) is 4.49. The molecule has 5 nitrogen and oxygen atoms in total. The smallest absolute Gasteiger partial charge is 0.224 e. The van der Waals surface area contributed by atoms with Gasteiger partial charge >= 0.3 is 0 Å². The van der Waals surface area contributed by atoms with Crippen molar-refractivity contribution in [3.63, 3.8) is 0 Å². The van der Waals surface area contributed by atoms with Gasteiger partial charge in [-0.15, -0.1) is 0 Å². The molecule has 1 rings (SSSR count). The molecule has 0 saturated heterocycles. The van der Waals surface area contributed by atoms with E-state index in [1.165, 1.54) is 0 Å². The summed E-state index contributed by atoms with van der Waals surface area (Å²) in [5.74, 6) is 0.0817. The molecule has 1 unspecified atom stereocenters. The van der Waals surface area contributed by atoms with Crippen LogP contribution >= 0.6 is 0 Å². The third-order valence-corrected chi connectivity index (χ3v) is 2.57. The van der Waals surface area contributed by atoms with Crippen molar-refractivity contribution in [2.24, 2.45) is 12.8 Å². The third kappa shape index (κ3) is 3.66. The van der Waals surface area contributed by atoms with Crippen molar-refractivity contribution >= 4 is 5.91 Å². The highest BCUT2D eigenvalue weighted by atomic mass is 16.2. The lowest BCUT2D eigenvalue weighted by atomic mass is 10.1. The number of hydrogen-bond acceptors (Lipinski definition) is 3. The topological polar surface area (TPSA) is 64.2 Å². The number of carbonyl (C=O) groups excluding carboxylic acids is 1. The van der Waals surface area contributed by atoms with Gasteiger partial charge in [0.05, 0.1) is 6.20 Å². The molecule has 1 atom stereocenters. The van der Waals surface area contributed by atoms with Crippen LogP contribution in [0.1, 0.15) is 25.3 Å². The summed E-state index contributed by atoms with van der Waals surface area (Å²) in [6.45, 7) is 2.57. The van der Waals surface area contributed by atoms with Gasteiger partial charge in [-0.3, -0.25) is 9.48 Å². The quantitative estimate of drug-likeness (QED) is 0.792. The van der Waals surface area contributed by atoms with E-state index < -0.39 is 0 Å². The molecule has 0 aliphatic carbocycles. The Morgan fingerprint density at radius 2 is 2.38 bits per heavy atom. The van der Waals surface area contributed by atoms with E-state index in [2.05, 4.69) is 5.10 Å². The van der Waals surface area contributed by atoms with Gasteiger partial charge in [0.2, 0.25) is 5.91 Å². The molecule has 0 fully saturated rings. The zero-order valence-electron chi connectivity index (χ0n) is 10.2. The van der Waals surface area contributed by atoms with E-state index in [4.69, 9.17) is 5.73 Å². The summed E-state index contributed by atoms with van der Waals surface area (Å²) in [6.07, 6.45) is 4.91. The van der Waals surface area contributed by atoms with E-state index in [0.717, 1.165) is 12.0 Å². The maximum absolute atomic E-state index is 11.7. The predicted molar refractivity (Wildman–Crippen MR) is 62.6 cm³/mol. The van der Waals surface area contributed by atoms with Crippen LogP contribution in [0.5, 0.6) is 0 Å². The van der Waals surface area contributed by atoms with Gasteiger partial charge in [0.25, 0.3) is 0 Å². The zero-order valence-corrected chi connectivity index (χ0v) is 10.2. The first-order valence-corrected chi connectivity index (χ1v) is 5.50. The fourth-order valence-corrected chi connectivity index (χ4v) is 1.44. The Morgan fingerprint density at radius 1 is 1.69 bits per heavy atom. The monoisotopic (exact) mass is 224 g/mol. The minimum absolute atomic E-state index is 0.0381. The highest BCUT2D eigenvalue weighted by Gasteiger charge is 2.13. The molecular formula is C11H20N4O. The van der Waals surface area contributed by atoms with Crippen molar-refractivity contribution in [1.82, 2.24) is 14.7 Å². The Bertz CT molecular complexity index is 348. The average molecular weight is 224 g/mol. The maximum Gasteiger partial charge on any atom is 0.224 e. The summed E-state index contributed by atoms with van der Waals surface area (Å²) < 4.78 is 1.73. The highest BCUT2D eigenvalue weighted by molar-refractivity contribution is 5.76. The lowest BCUT2D eigenvalue weighted by Crippen LogP contribution is -2.32. The average Bonchev–Trinajstić information content (AvgIpc) is 2.63. The van der Waals surface area contributed by atoms with Crippen LogP contribution in [0.3, 0.4) is 0 Å². The molecule has 0 saturated carbocycles.